The van der Waals surface area contributed by atoms with Crippen molar-refractivity contribution in [1.82, 2.24) is 25.0 Å². The Morgan fingerprint density at radius 3 is 3.05 bits per heavy atom. The van der Waals surface area contributed by atoms with E-state index in [4.69, 9.17) is 0 Å². The first-order valence-electron chi connectivity index (χ1n) is 7.03. The molecule has 2 heterocycles. The van der Waals surface area contributed by atoms with Crippen LogP contribution < -0.4 is 5.32 Å². The molecule has 19 heavy (non-hydrogen) atoms. The summed E-state index contributed by atoms with van der Waals surface area (Å²) < 4.78 is 1.63. The van der Waals surface area contributed by atoms with E-state index in [0.717, 1.165) is 32.4 Å². The van der Waals surface area contributed by atoms with Crippen LogP contribution in [0, 0.1) is 0 Å². The van der Waals surface area contributed by atoms with Crippen molar-refractivity contribution >= 4 is 5.91 Å². The van der Waals surface area contributed by atoms with E-state index in [9.17, 15) is 4.79 Å². The number of rotatable bonds is 5. The molecule has 2 rings (SSSR count). The number of likely N-dealkylation sites (tertiary alicyclic amines) is 1. The van der Waals surface area contributed by atoms with Crippen LogP contribution >= 0.6 is 0 Å². The normalized spacial score (nSPS) is 21.4. The third-order valence-corrected chi connectivity index (χ3v) is 3.83. The topological polar surface area (TPSA) is 63.1 Å². The van der Waals surface area contributed by atoms with E-state index < -0.39 is 0 Å². The van der Waals surface area contributed by atoms with Gasteiger partial charge in [0, 0.05) is 12.6 Å². The average molecular weight is 265 g/mol. The van der Waals surface area contributed by atoms with Crippen molar-refractivity contribution in [1.29, 1.82) is 0 Å². The van der Waals surface area contributed by atoms with Gasteiger partial charge in [0.25, 0.3) is 0 Å². The molecule has 1 N–H and O–H groups in total. The van der Waals surface area contributed by atoms with Crippen molar-refractivity contribution in [3.63, 3.8) is 0 Å². The highest BCUT2D eigenvalue weighted by molar-refractivity contribution is 5.80. The SMILES string of the molecule is CNCCC1CCCCN1C(=O)C(C)n1cncn1. The summed E-state index contributed by atoms with van der Waals surface area (Å²) in [7, 11) is 1.95. The van der Waals surface area contributed by atoms with E-state index in [1.165, 1.54) is 12.7 Å². The van der Waals surface area contributed by atoms with E-state index in [0.29, 0.717) is 6.04 Å². The molecule has 6 heteroatoms. The quantitative estimate of drug-likeness (QED) is 0.856. The van der Waals surface area contributed by atoms with Crippen molar-refractivity contribution in [2.75, 3.05) is 20.1 Å². The highest BCUT2D eigenvalue weighted by Crippen LogP contribution is 2.22. The van der Waals surface area contributed by atoms with Gasteiger partial charge in [0.1, 0.15) is 18.7 Å². The summed E-state index contributed by atoms with van der Waals surface area (Å²) in [5, 5.41) is 7.23. The molecule has 1 aliphatic rings. The number of carbonyl (C=O) groups excluding carboxylic acids is 1. The molecule has 2 unspecified atom stereocenters. The fraction of sp³-hybridized carbons (Fsp3) is 0.769. The van der Waals surface area contributed by atoms with Crippen LogP contribution in [-0.4, -0.2) is 51.8 Å². The Kier molecular flexibility index (Phi) is 4.90. The second-order valence-corrected chi connectivity index (χ2v) is 5.12. The molecule has 1 aliphatic heterocycles. The monoisotopic (exact) mass is 265 g/mol. The molecule has 1 saturated heterocycles. The lowest BCUT2D eigenvalue weighted by molar-refractivity contribution is -0.138. The second kappa shape index (κ2) is 6.65. The maximum atomic E-state index is 12.6. The molecule has 0 saturated carbocycles. The van der Waals surface area contributed by atoms with Crippen LogP contribution in [0.25, 0.3) is 0 Å². The van der Waals surface area contributed by atoms with Gasteiger partial charge in [-0.25, -0.2) is 9.67 Å². The molecule has 106 valence electrons. The molecule has 0 radical (unpaired) electrons. The molecule has 1 aromatic heterocycles. The molecular weight excluding hydrogens is 242 g/mol. The Balaban J connectivity index is 2.02. The van der Waals surface area contributed by atoms with Crippen LogP contribution in [0.1, 0.15) is 38.6 Å². The molecule has 1 amide bonds. The molecule has 0 spiro atoms. The molecule has 0 aromatic carbocycles. The number of amides is 1. The maximum Gasteiger partial charge on any atom is 0.247 e. The van der Waals surface area contributed by atoms with Gasteiger partial charge in [-0.2, -0.15) is 5.10 Å². The minimum absolute atomic E-state index is 0.159. The van der Waals surface area contributed by atoms with E-state index in [-0.39, 0.29) is 11.9 Å². The fourth-order valence-corrected chi connectivity index (χ4v) is 2.67. The van der Waals surface area contributed by atoms with E-state index >= 15 is 0 Å². The molecule has 1 fully saturated rings. The third kappa shape index (κ3) is 3.32. The van der Waals surface area contributed by atoms with Crippen molar-refractivity contribution in [3.8, 4) is 0 Å². The highest BCUT2D eigenvalue weighted by atomic mass is 16.2. The predicted molar refractivity (Wildman–Crippen MR) is 72.6 cm³/mol. The van der Waals surface area contributed by atoms with Crippen LogP contribution in [0.15, 0.2) is 12.7 Å². The Bertz CT molecular complexity index is 392. The summed E-state index contributed by atoms with van der Waals surface area (Å²) in [5.41, 5.74) is 0. The van der Waals surface area contributed by atoms with Crippen molar-refractivity contribution < 1.29 is 4.79 Å². The second-order valence-electron chi connectivity index (χ2n) is 5.12. The van der Waals surface area contributed by atoms with Crippen molar-refractivity contribution in [3.05, 3.63) is 12.7 Å². The predicted octanol–water partition coefficient (Wildman–Crippen LogP) is 0.830. The Morgan fingerprint density at radius 1 is 1.53 bits per heavy atom. The Morgan fingerprint density at radius 2 is 2.37 bits per heavy atom. The van der Waals surface area contributed by atoms with Crippen LogP contribution in [0.3, 0.4) is 0 Å². The molecule has 0 bridgehead atoms. The van der Waals surface area contributed by atoms with Gasteiger partial charge >= 0.3 is 0 Å². The number of hydrogen-bond donors (Lipinski definition) is 1. The number of piperidine rings is 1. The highest BCUT2D eigenvalue weighted by Gasteiger charge is 2.30. The summed E-state index contributed by atoms with van der Waals surface area (Å²) in [5.74, 6) is 0.159. The van der Waals surface area contributed by atoms with Crippen LogP contribution in [-0.2, 0) is 4.79 Å². The smallest absolute Gasteiger partial charge is 0.247 e. The lowest BCUT2D eigenvalue weighted by atomic mass is 9.98. The number of carbonyl (C=O) groups is 1. The standard InChI is InChI=1S/C13H23N5O/c1-11(18-10-15-9-16-18)13(19)17-8-4-3-5-12(17)6-7-14-2/h9-12,14H,3-8H2,1-2H3. The minimum atomic E-state index is -0.266. The van der Waals surface area contributed by atoms with Gasteiger partial charge in [-0.05, 0) is 46.2 Å². The van der Waals surface area contributed by atoms with E-state index in [1.54, 1.807) is 11.0 Å². The van der Waals surface area contributed by atoms with Gasteiger partial charge < -0.3 is 10.2 Å². The van der Waals surface area contributed by atoms with Gasteiger partial charge in [-0.15, -0.1) is 0 Å². The number of hydrogen-bond acceptors (Lipinski definition) is 4. The first-order chi connectivity index (χ1) is 9.24. The van der Waals surface area contributed by atoms with Gasteiger partial charge in [-0.3, -0.25) is 4.79 Å². The number of nitrogens with zero attached hydrogens (tertiary/aromatic N) is 4. The largest absolute Gasteiger partial charge is 0.338 e. The Labute approximate surface area is 114 Å². The maximum absolute atomic E-state index is 12.6. The fourth-order valence-electron chi connectivity index (χ4n) is 2.67. The third-order valence-electron chi connectivity index (χ3n) is 3.83. The summed E-state index contributed by atoms with van der Waals surface area (Å²) in [4.78, 5) is 18.5. The lowest BCUT2D eigenvalue weighted by Crippen LogP contribution is -2.47. The van der Waals surface area contributed by atoms with Crippen LogP contribution in [0.2, 0.25) is 0 Å². The van der Waals surface area contributed by atoms with Gasteiger partial charge in [0.05, 0.1) is 0 Å². The van der Waals surface area contributed by atoms with Gasteiger partial charge in [0.15, 0.2) is 0 Å². The molecule has 1 aromatic rings. The molecule has 0 aliphatic carbocycles. The molecule has 6 nitrogen and oxygen atoms in total. The average Bonchev–Trinajstić information content (AvgIpc) is 2.98. The summed E-state index contributed by atoms with van der Waals surface area (Å²) >= 11 is 0. The first-order valence-corrected chi connectivity index (χ1v) is 7.03. The zero-order valence-corrected chi connectivity index (χ0v) is 11.7. The zero-order valence-electron chi connectivity index (χ0n) is 11.7. The minimum Gasteiger partial charge on any atom is -0.338 e. The van der Waals surface area contributed by atoms with Crippen LogP contribution in [0.4, 0.5) is 0 Å². The van der Waals surface area contributed by atoms with Crippen molar-refractivity contribution in [2.24, 2.45) is 0 Å². The van der Waals surface area contributed by atoms with E-state index in [1.807, 2.05) is 18.9 Å². The van der Waals surface area contributed by atoms with E-state index in [2.05, 4.69) is 15.4 Å². The lowest BCUT2D eigenvalue weighted by Gasteiger charge is -2.37. The number of aromatic nitrogens is 3. The molecule has 2 atom stereocenters. The van der Waals surface area contributed by atoms with Gasteiger partial charge in [-0.1, -0.05) is 0 Å². The zero-order chi connectivity index (χ0) is 13.7. The summed E-state index contributed by atoms with van der Waals surface area (Å²) in [6.45, 7) is 3.71. The summed E-state index contributed by atoms with van der Waals surface area (Å²) in [6, 6.07) is 0.0948. The summed E-state index contributed by atoms with van der Waals surface area (Å²) in [6.07, 6.45) is 7.53. The Hall–Kier alpha value is -1.43. The molecular formula is C13H23N5O. The number of nitrogens with one attached hydrogen (secondary N) is 1. The van der Waals surface area contributed by atoms with Crippen molar-refractivity contribution in [2.45, 2.75) is 44.7 Å². The van der Waals surface area contributed by atoms with Crippen LogP contribution in [0.5, 0.6) is 0 Å². The first kappa shape index (κ1) is 14.0. The van der Waals surface area contributed by atoms with Gasteiger partial charge in [0.2, 0.25) is 5.91 Å².